The van der Waals surface area contributed by atoms with Gasteiger partial charge in [-0.25, -0.2) is 4.98 Å². The second-order valence-electron chi connectivity index (χ2n) is 2.76. The van der Waals surface area contributed by atoms with Gasteiger partial charge in [-0.15, -0.1) is 6.58 Å². The molecular formula is C9H11ClN2O2. The maximum Gasteiger partial charge on any atom is 0.297 e. The Morgan fingerprint density at radius 1 is 1.79 bits per heavy atom. The minimum atomic E-state index is -0.306. The van der Waals surface area contributed by atoms with E-state index in [0.717, 1.165) is 0 Å². The lowest BCUT2D eigenvalue weighted by molar-refractivity contribution is 0.397. The minimum Gasteiger partial charge on any atom is -0.489 e. The zero-order valence-electron chi connectivity index (χ0n) is 8.03. The number of hydrogen-bond donors (Lipinski definition) is 0. The van der Waals surface area contributed by atoms with E-state index in [1.165, 1.54) is 18.0 Å². The molecule has 1 aromatic heterocycles. The van der Waals surface area contributed by atoms with Crippen molar-refractivity contribution in [2.75, 3.05) is 7.11 Å². The molecular weight excluding hydrogens is 204 g/mol. The van der Waals surface area contributed by atoms with Crippen molar-refractivity contribution in [3.8, 4) is 5.75 Å². The molecule has 0 N–H and O–H groups in total. The first-order chi connectivity index (χ1) is 6.61. The van der Waals surface area contributed by atoms with Crippen molar-refractivity contribution in [2.24, 2.45) is 0 Å². The van der Waals surface area contributed by atoms with Crippen LogP contribution in [0, 0.1) is 0 Å². The van der Waals surface area contributed by atoms with E-state index < -0.39 is 0 Å². The van der Waals surface area contributed by atoms with Gasteiger partial charge in [-0.3, -0.25) is 9.36 Å². The molecule has 0 spiro atoms. The topological polar surface area (TPSA) is 44.1 Å². The predicted molar refractivity (Wildman–Crippen MR) is 55.0 cm³/mol. The van der Waals surface area contributed by atoms with Crippen LogP contribution < -0.4 is 10.3 Å². The lowest BCUT2D eigenvalue weighted by Crippen LogP contribution is -2.24. The van der Waals surface area contributed by atoms with E-state index in [1.807, 2.05) is 6.92 Å². The molecule has 0 aliphatic rings. The molecule has 4 nitrogen and oxygen atoms in total. The number of aromatic nitrogens is 2. The predicted octanol–water partition coefficient (Wildman–Crippen LogP) is 1.65. The normalized spacial score (nSPS) is 12.2. The second kappa shape index (κ2) is 4.28. The minimum absolute atomic E-state index is 0.0582. The molecule has 1 unspecified atom stereocenters. The number of methoxy groups -OCH3 is 1. The van der Waals surface area contributed by atoms with Crippen LogP contribution in [0.4, 0.5) is 0 Å². The zero-order chi connectivity index (χ0) is 10.7. The van der Waals surface area contributed by atoms with E-state index in [1.54, 1.807) is 6.08 Å². The molecule has 14 heavy (non-hydrogen) atoms. The fourth-order valence-corrected chi connectivity index (χ4v) is 1.21. The molecule has 0 saturated carbocycles. The molecule has 0 aromatic carbocycles. The highest BCUT2D eigenvalue weighted by Crippen LogP contribution is 2.16. The van der Waals surface area contributed by atoms with Crippen molar-refractivity contribution in [3.05, 3.63) is 34.5 Å². The van der Waals surface area contributed by atoms with Crippen LogP contribution in [0.3, 0.4) is 0 Å². The van der Waals surface area contributed by atoms with Crippen LogP contribution in [0.15, 0.2) is 23.8 Å². The van der Waals surface area contributed by atoms with Crippen molar-refractivity contribution < 1.29 is 4.74 Å². The summed E-state index contributed by atoms with van der Waals surface area (Å²) in [5.74, 6) is 0.0582. The first kappa shape index (κ1) is 10.8. The molecule has 0 saturated heterocycles. The monoisotopic (exact) mass is 214 g/mol. The van der Waals surface area contributed by atoms with Gasteiger partial charge < -0.3 is 4.74 Å². The third-order valence-electron chi connectivity index (χ3n) is 1.90. The Labute approximate surface area is 86.8 Å². The van der Waals surface area contributed by atoms with E-state index in [2.05, 4.69) is 11.6 Å². The summed E-state index contributed by atoms with van der Waals surface area (Å²) in [6.07, 6.45) is 3.01. The molecule has 1 atom stereocenters. The summed E-state index contributed by atoms with van der Waals surface area (Å²) in [5.41, 5.74) is -0.306. The van der Waals surface area contributed by atoms with E-state index in [-0.39, 0.29) is 22.5 Å². The van der Waals surface area contributed by atoms with Crippen LogP contribution in [0.1, 0.15) is 13.0 Å². The molecule has 1 aromatic rings. The number of hydrogen-bond acceptors (Lipinski definition) is 3. The Hall–Kier alpha value is -1.29. The Morgan fingerprint density at radius 3 is 2.93 bits per heavy atom. The van der Waals surface area contributed by atoms with E-state index in [0.29, 0.717) is 0 Å². The number of rotatable bonds is 3. The fourth-order valence-electron chi connectivity index (χ4n) is 1.00. The third-order valence-corrected chi connectivity index (χ3v) is 2.16. The van der Waals surface area contributed by atoms with Crippen LogP contribution in [0.25, 0.3) is 0 Å². The lowest BCUT2D eigenvalue weighted by atomic mass is 10.3. The van der Waals surface area contributed by atoms with Crippen LogP contribution in [-0.2, 0) is 0 Å². The number of allylic oxidation sites excluding steroid dienone is 1. The van der Waals surface area contributed by atoms with E-state index in [9.17, 15) is 4.79 Å². The van der Waals surface area contributed by atoms with Crippen molar-refractivity contribution in [2.45, 2.75) is 13.0 Å². The van der Waals surface area contributed by atoms with E-state index >= 15 is 0 Å². The molecule has 5 heteroatoms. The summed E-state index contributed by atoms with van der Waals surface area (Å²) >= 11 is 5.67. The lowest BCUT2D eigenvalue weighted by Gasteiger charge is -2.11. The highest BCUT2D eigenvalue weighted by Gasteiger charge is 2.12. The standard InChI is InChI=1S/C9H11ClN2O2/c1-4-6(2)12-5-11-8(10)7(14-3)9(12)13/h4-6H,1H2,2-3H3. The van der Waals surface area contributed by atoms with Gasteiger partial charge in [0.05, 0.1) is 13.2 Å². The Morgan fingerprint density at radius 2 is 2.43 bits per heavy atom. The molecule has 0 amide bonds. The van der Waals surface area contributed by atoms with Gasteiger partial charge in [0.2, 0.25) is 5.75 Å². The number of ether oxygens (including phenoxy) is 1. The summed E-state index contributed by atoms with van der Waals surface area (Å²) in [4.78, 5) is 15.5. The molecule has 76 valence electrons. The van der Waals surface area contributed by atoms with Gasteiger partial charge in [-0.05, 0) is 6.92 Å². The number of nitrogens with zero attached hydrogens (tertiary/aromatic N) is 2. The van der Waals surface area contributed by atoms with Crippen molar-refractivity contribution in [3.63, 3.8) is 0 Å². The molecule has 0 aliphatic carbocycles. The largest absolute Gasteiger partial charge is 0.489 e. The van der Waals surface area contributed by atoms with Gasteiger partial charge in [0.15, 0.2) is 5.15 Å². The molecule has 1 heterocycles. The van der Waals surface area contributed by atoms with Crippen molar-refractivity contribution in [1.29, 1.82) is 0 Å². The molecule has 0 bridgehead atoms. The summed E-state index contributed by atoms with van der Waals surface area (Å²) in [5, 5.41) is 0.0741. The van der Waals surface area contributed by atoms with Crippen LogP contribution in [-0.4, -0.2) is 16.7 Å². The molecule has 0 radical (unpaired) electrons. The van der Waals surface area contributed by atoms with Gasteiger partial charge >= 0.3 is 0 Å². The second-order valence-corrected chi connectivity index (χ2v) is 3.12. The van der Waals surface area contributed by atoms with Crippen molar-refractivity contribution >= 4 is 11.6 Å². The molecule has 0 aliphatic heterocycles. The number of halogens is 1. The van der Waals surface area contributed by atoms with E-state index in [4.69, 9.17) is 16.3 Å². The van der Waals surface area contributed by atoms with Crippen LogP contribution in [0.5, 0.6) is 5.75 Å². The summed E-state index contributed by atoms with van der Waals surface area (Å²) in [6, 6.07) is -0.138. The first-order valence-corrected chi connectivity index (χ1v) is 4.42. The quantitative estimate of drug-likeness (QED) is 0.568. The van der Waals surface area contributed by atoms with Gasteiger partial charge in [-0.1, -0.05) is 17.7 Å². The zero-order valence-corrected chi connectivity index (χ0v) is 8.78. The fraction of sp³-hybridized carbons (Fsp3) is 0.333. The third kappa shape index (κ3) is 1.80. The average molecular weight is 215 g/mol. The van der Waals surface area contributed by atoms with Crippen LogP contribution >= 0.6 is 11.6 Å². The highest BCUT2D eigenvalue weighted by molar-refractivity contribution is 6.30. The molecule has 1 rings (SSSR count). The Bertz CT molecular complexity index is 400. The van der Waals surface area contributed by atoms with Gasteiger partial charge in [0.25, 0.3) is 5.56 Å². The van der Waals surface area contributed by atoms with Crippen LogP contribution in [0.2, 0.25) is 5.15 Å². The summed E-state index contributed by atoms with van der Waals surface area (Å²) in [7, 11) is 1.38. The summed E-state index contributed by atoms with van der Waals surface area (Å²) < 4.78 is 6.25. The van der Waals surface area contributed by atoms with Gasteiger partial charge in [-0.2, -0.15) is 0 Å². The Balaban J connectivity index is 3.35. The maximum atomic E-state index is 11.7. The molecule has 0 fully saturated rings. The Kier molecular flexibility index (Phi) is 3.30. The highest BCUT2D eigenvalue weighted by atomic mass is 35.5. The van der Waals surface area contributed by atoms with Gasteiger partial charge in [0, 0.05) is 0 Å². The average Bonchev–Trinajstić information content (AvgIpc) is 2.18. The van der Waals surface area contributed by atoms with Gasteiger partial charge in [0.1, 0.15) is 6.33 Å². The smallest absolute Gasteiger partial charge is 0.297 e. The van der Waals surface area contributed by atoms with Crippen molar-refractivity contribution in [1.82, 2.24) is 9.55 Å². The SMILES string of the molecule is C=CC(C)n1cnc(Cl)c(OC)c1=O. The summed E-state index contributed by atoms with van der Waals surface area (Å²) in [6.45, 7) is 5.42. The first-order valence-electron chi connectivity index (χ1n) is 4.05. The maximum absolute atomic E-state index is 11.7.